The Balaban J connectivity index is 1.28. The van der Waals surface area contributed by atoms with Gasteiger partial charge in [0.15, 0.2) is 5.82 Å². The third-order valence-electron chi connectivity index (χ3n) is 5.33. The molecular weight excluding hydrogens is 444 g/mol. The van der Waals surface area contributed by atoms with E-state index in [0.29, 0.717) is 12.3 Å². The van der Waals surface area contributed by atoms with E-state index in [4.69, 9.17) is 4.52 Å². The van der Waals surface area contributed by atoms with Crippen molar-refractivity contribution in [2.45, 2.75) is 19.5 Å². The number of halogens is 2. The van der Waals surface area contributed by atoms with Crippen molar-refractivity contribution in [3.05, 3.63) is 117 Å². The Hall–Kier alpha value is -4.47. The molecule has 4 aromatic rings. The quantitative estimate of drug-likeness (QED) is 0.474. The fourth-order valence-electron chi connectivity index (χ4n) is 3.78. The van der Waals surface area contributed by atoms with Crippen molar-refractivity contribution in [2.75, 3.05) is 0 Å². The van der Waals surface area contributed by atoms with Gasteiger partial charge in [-0.05, 0) is 35.9 Å². The second-order valence-electron chi connectivity index (χ2n) is 7.65. The third kappa shape index (κ3) is 4.25. The second-order valence-corrected chi connectivity index (χ2v) is 7.65. The molecule has 170 valence electrons. The van der Waals surface area contributed by atoms with Crippen LogP contribution < -0.4 is 10.9 Å². The highest BCUT2D eigenvalue weighted by Gasteiger charge is 2.21. The van der Waals surface area contributed by atoms with Gasteiger partial charge in [-0.2, -0.15) is 4.98 Å². The molecule has 0 saturated carbocycles. The number of benzene rings is 1. The van der Waals surface area contributed by atoms with E-state index >= 15 is 0 Å². The molecule has 0 aliphatic heterocycles. The molecule has 0 atom stereocenters. The van der Waals surface area contributed by atoms with Crippen molar-refractivity contribution in [3.8, 4) is 0 Å². The number of hydrogen-bond donors (Lipinski definition) is 1. The average Bonchev–Trinajstić information content (AvgIpc) is 3.45. The molecular formula is C24H17F2N5O3. The van der Waals surface area contributed by atoms with Crippen molar-refractivity contribution >= 4 is 11.5 Å². The number of carbonyl (C=O) groups is 1. The van der Waals surface area contributed by atoms with Gasteiger partial charge in [-0.25, -0.2) is 8.78 Å². The minimum absolute atomic E-state index is 0.0566. The zero-order valence-electron chi connectivity index (χ0n) is 17.7. The number of allylic oxidation sites excluding steroid dienone is 1. The topological polar surface area (TPSA) is 103 Å². The zero-order valence-corrected chi connectivity index (χ0v) is 17.7. The lowest BCUT2D eigenvalue weighted by atomic mass is 10.1. The first-order valence-electron chi connectivity index (χ1n) is 10.4. The lowest BCUT2D eigenvalue weighted by molar-refractivity contribution is 0.0947. The molecule has 8 nitrogen and oxygen atoms in total. The van der Waals surface area contributed by atoms with Gasteiger partial charge in [0.25, 0.3) is 17.4 Å². The normalized spacial score (nSPS) is 12.4. The molecule has 0 unspecified atom stereocenters. The molecule has 1 N–H and O–H groups in total. The lowest BCUT2D eigenvalue weighted by Crippen LogP contribution is -2.32. The fraction of sp³-hybridized carbons (Fsp3) is 0.125. The Morgan fingerprint density at radius 1 is 1.15 bits per heavy atom. The number of aromatic nitrogens is 4. The molecule has 3 aromatic heterocycles. The van der Waals surface area contributed by atoms with E-state index < -0.39 is 23.1 Å². The Morgan fingerprint density at radius 2 is 1.97 bits per heavy atom. The van der Waals surface area contributed by atoms with Gasteiger partial charge in [0.05, 0.1) is 18.8 Å². The van der Waals surface area contributed by atoms with Crippen LogP contribution in [0.5, 0.6) is 0 Å². The second kappa shape index (κ2) is 8.81. The van der Waals surface area contributed by atoms with E-state index in [1.807, 2.05) is 18.2 Å². The van der Waals surface area contributed by atoms with Crippen LogP contribution in [0.25, 0.3) is 5.57 Å². The monoisotopic (exact) mass is 461 g/mol. The molecule has 1 aliphatic carbocycles. The summed E-state index contributed by atoms with van der Waals surface area (Å²) in [4.78, 5) is 34.0. The Kier molecular flexibility index (Phi) is 5.54. The summed E-state index contributed by atoms with van der Waals surface area (Å²) in [6, 6.07) is 9.64. The Labute approximate surface area is 191 Å². The first-order valence-corrected chi connectivity index (χ1v) is 10.4. The highest BCUT2D eigenvalue weighted by Crippen LogP contribution is 2.30. The zero-order chi connectivity index (χ0) is 23.7. The van der Waals surface area contributed by atoms with Gasteiger partial charge in [0.2, 0.25) is 0 Å². The minimum atomic E-state index is -0.746. The molecule has 1 amide bonds. The number of rotatable bonds is 6. The summed E-state index contributed by atoms with van der Waals surface area (Å²) in [5.41, 5.74) is 2.17. The Bertz CT molecular complexity index is 1470. The molecule has 10 heteroatoms. The number of amides is 1. The van der Waals surface area contributed by atoms with Crippen LogP contribution in [0.3, 0.4) is 0 Å². The number of carbonyl (C=O) groups excluding carboxylic acids is 1. The van der Waals surface area contributed by atoms with Gasteiger partial charge in [-0.3, -0.25) is 14.6 Å². The maximum absolute atomic E-state index is 13.5. The van der Waals surface area contributed by atoms with Crippen LogP contribution in [0.1, 0.15) is 38.9 Å². The average molecular weight is 461 g/mol. The van der Waals surface area contributed by atoms with Crippen LogP contribution in [-0.2, 0) is 19.5 Å². The summed E-state index contributed by atoms with van der Waals surface area (Å²) in [6.07, 6.45) is 5.78. The number of hydrogen-bond acceptors (Lipinski definition) is 6. The highest BCUT2D eigenvalue weighted by molar-refractivity contribution is 5.93. The summed E-state index contributed by atoms with van der Waals surface area (Å²) in [6.45, 7) is -0.146. The molecule has 3 heterocycles. The van der Waals surface area contributed by atoms with E-state index in [9.17, 15) is 18.4 Å². The lowest BCUT2D eigenvalue weighted by Gasteiger charge is -2.09. The molecule has 0 saturated heterocycles. The van der Waals surface area contributed by atoms with Gasteiger partial charge in [0, 0.05) is 36.0 Å². The summed E-state index contributed by atoms with van der Waals surface area (Å²) in [5.74, 6) is -1.56. The van der Waals surface area contributed by atoms with Gasteiger partial charge in [-0.1, -0.05) is 17.3 Å². The molecule has 0 bridgehead atoms. The maximum atomic E-state index is 13.5. The molecule has 1 aromatic carbocycles. The number of nitrogens with zero attached hydrogens (tertiary/aromatic N) is 4. The predicted molar refractivity (Wildman–Crippen MR) is 117 cm³/mol. The summed E-state index contributed by atoms with van der Waals surface area (Å²) in [5, 5.41) is 6.49. The summed E-state index contributed by atoms with van der Waals surface area (Å²) in [7, 11) is 0. The first kappa shape index (κ1) is 21.4. The molecule has 0 spiro atoms. The minimum Gasteiger partial charge on any atom is -0.344 e. The standard InChI is InChI=1S/C24H17F2N5O3/c25-15-9-14(10-16(26)11-15)13-31-8-2-4-19(24(31)33)22(32)28-12-21-29-23(34-30-21)18-5-6-20-17(18)3-1-7-27-20/h1-5,7-11H,6,12-13H2,(H,28,32). The van der Waals surface area contributed by atoms with Gasteiger partial charge in [-0.15, -0.1) is 0 Å². The van der Waals surface area contributed by atoms with Crippen molar-refractivity contribution in [1.29, 1.82) is 0 Å². The van der Waals surface area contributed by atoms with Gasteiger partial charge in [0.1, 0.15) is 17.2 Å². The SMILES string of the molecule is O=C(NCc1noc(C2=CCc3ncccc32)n1)c1cccn(Cc2cc(F)cc(F)c2)c1=O. The Morgan fingerprint density at radius 3 is 2.79 bits per heavy atom. The van der Waals surface area contributed by atoms with E-state index in [1.165, 1.54) is 22.9 Å². The van der Waals surface area contributed by atoms with Crippen molar-refractivity contribution in [3.63, 3.8) is 0 Å². The highest BCUT2D eigenvalue weighted by atomic mass is 19.1. The number of nitrogens with one attached hydrogen (secondary N) is 1. The summed E-state index contributed by atoms with van der Waals surface area (Å²) >= 11 is 0. The largest absolute Gasteiger partial charge is 0.344 e. The van der Waals surface area contributed by atoms with Crippen molar-refractivity contribution in [1.82, 2.24) is 25.0 Å². The van der Waals surface area contributed by atoms with E-state index in [0.717, 1.165) is 35.0 Å². The van der Waals surface area contributed by atoms with Crippen LogP contribution in [-0.4, -0.2) is 25.6 Å². The maximum Gasteiger partial charge on any atom is 0.263 e. The molecule has 1 aliphatic rings. The molecule has 0 radical (unpaired) electrons. The molecule has 0 fully saturated rings. The van der Waals surface area contributed by atoms with Gasteiger partial charge < -0.3 is 14.4 Å². The van der Waals surface area contributed by atoms with E-state index in [-0.39, 0.29) is 30.0 Å². The van der Waals surface area contributed by atoms with Crippen LogP contribution in [0.4, 0.5) is 8.78 Å². The number of fused-ring (bicyclic) bond motifs is 1. The fourth-order valence-corrected chi connectivity index (χ4v) is 3.78. The summed E-state index contributed by atoms with van der Waals surface area (Å²) < 4.78 is 33.5. The van der Waals surface area contributed by atoms with E-state index in [2.05, 4.69) is 20.4 Å². The third-order valence-corrected chi connectivity index (χ3v) is 5.33. The van der Waals surface area contributed by atoms with E-state index in [1.54, 1.807) is 6.20 Å². The van der Waals surface area contributed by atoms with Crippen molar-refractivity contribution in [2.24, 2.45) is 0 Å². The number of pyridine rings is 2. The van der Waals surface area contributed by atoms with Gasteiger partial charge >= 0.3 is 0 Å². The van der Waals surface area contributed by atoms with Crippen LogP contribution >= 0.6 is 0 Å². The van der Waals surface area contributed by atoms with Crippen LogP contribution in [0.2, 0.25) is 0 Å². The predicted octanol–water partition coefficient (Wildman–Crippen LogP) is 2.87. The molecule has 34 heavy (non-hydrogen) atoms. The van der Waals surface area contributed by atoms with Crippen molar-refractivity contribution < 1.29 is 18.1 Å². The molecule has 5 rings (SSSR count). The first-order chi connectivity index (χ1) is 16.5. The van der Waals surface area contributed by atoms with Crippen LogP contribution in [0, 0.1) is 11.6 Å². The van der Waals surface area contributed by atoms with Crippen LogP contribution in [0.15, 0.2) is 70.3 Å². The smallest absolute Gasteiger partial charge is 0.263 e.